The summed E-state index contributed by atoms with van der Waals surface area (Å²) in [5, 5.41) is 8.16. The third-order valence-corrected chi connectivity index (χ3v) is 3.78. The van der Waals surface area contributed by atoms with E-state index in [1.165, 1.54) is 0 Å². The maximum atomic E-state index is 11.3. The largest absolute Gasteiger partial charge is 0.497 e. The molecule has 0 fully saturated rings. The summed E-state index contributed by atoms with van der Waals surface area (Å²) < 4.78 is 6.91. The van der Waals surface area contributed by atoms with Crippen LogP contribution in [-0.4, -0.2) is 28.4 Å². The van der Waals surface area contributed by atoms with E-state index in [-0.39, 0.29) is 0 Å². The Labute approximate surface area is 134 Å². The van der Waals surface area contributed by atoms with E-state index in [4.69, 9.17) is 4.74 Å². The summed E-state index contributed by atoms with van der Waals surface area (Å²) in [5.41, 5.74) is 4.21. The van der Waals surface area contributed by atoms with Crippen molar-refractivity contribution in [2.45, 2.75) is 13.3 Å². The molecule has 5 heteroatoms. The lowest BCUT2D eigenvalue weighted by atomic mass is 10.1. The van der Waals surface area contributed by atoms with Gasteiger partial charge in [0.2, 0.25) is 0 Å². The van der Waals surface area contributed by atoms with Gasteiger partial charge in [-0.3, -0.25) is 4.79 Å². The molecule has 0 bridgehead atoms. The Bertz CT molecular complexity index is 823. The van der Waals surface area contributed by atoms with Crippen molar-refractivity contribution in [1.29, 1.82) is 0 Å². The summed E-state index contributed by atoms with van der Waals surface area (Å²) >= 11 is 0. The number of hydrogen-bond acceptors (Lipinski definition) is 4. The number of aryl methyl sites for hydroxylation is 1. The summed E-state index contributed by atoms with van der Waals surface area (Å²) in [6.45, 7) is 2.01. The summed E-state index contributed by atoms with van der Waals surface area (Å²) in [4.78, 5) is 11.3. The van der Waals surface area contributed by atoms with E-state index in [1.807, 2.05) is 55.5 Å². The van der Waals surface area contributed by atoms with E-state index in [9.17, 15) is 4.79 Å². The third-order valence-electron chi connectivity index (χ3n) is 3.78. The molecule has 0 spiro atoms. The molecule has 0 unspecified atom stereocenters. The van der Waals surface area contributed by atoms with Crippen LogP contribution < -0.4 is 4.74 Å². The van der Waals surface area contributed by atoms with Gasteiger partial charge < -0.3 is 4.74 Å². The molecule has 1 heterocycles. The first kappa shape index (κ1) is 15.0. The SMILES string of the molecule is COc1ccc(Cc2c(C=O)nnn2-c2ccccc2C)cc1. The Balaban J connectivity index is 2.02. The molecule has 23 heavy (non-hydrogen) atoms. The lowest BCUT2D eigenvalue weighted by Gasteiger charge is -2.10. The molecule has 3 rings (SSSR count). The highest BCUT2D eigenvalue weighted by atomic mass is 16.5. The molecule has 116 valence electrons. The summed E-state index contributed by atoms with van der Waals surface area (Å²) in [7, 11) is 1.64. The number of rotatable bonds is 5. The number of methoxy groups -OCH3 is 1. The molecular weight excluding hydrogens is 290 g/mol. The van der Waals surface area contributed by atoms with Gasteiger partial charge in [0.05, 0.1) is 18.5 Å². The number of carbonyl (C=O) groups is 1. The van der Waals surface area contributed by atoms with Crippen LogP contribution in [-0.2, 0) is 6.42 Å². The number of carbonyl (C=O) groups excluding carboxylic acids is 1. The fourth-order valence-corrected chi connectivity index (χ4v) is 2.50. The van der Waals surface area contributed by atoms with E-state index in [2.05, 4.69) is 10.3 Å². The molecule has 0 saturated carbocycles. The lowest BCUT2D eigenvalue weighted by Crippen LogP contribution is -2.06. The molecule has 0 N–H and O–H groups in total. The molecule has 1 aromatic heterocycles. The number of para-hydroxylation sites is 1. The van der Waals surface area contributed by atoms with Crippen molar-refractivity contribution in [2.75, 3.05) is 7.11 Å². The average molecular weight is 307 g/mol. The Hall–Kier alpha value is -2.95. The van der Waals surface area contributed by atoms with Crippen molar-refractivity contribution in [2.24, 2.45) is 0 Å². The first-order chi connectivity index (χ1) is 11.2. The fourth-order valence-electron chi connectivity index (χ4n) is 2.50. The van der Waals surface area contributed by atoms with Crippen molar-refractivity contribution < 1.29 is 9.53 Å². The van der Waals surface area contributed by atoms with Crippen molar-refractivity contribution in [3.8, 4) is 11.4 Å². The molecule has 0 amide bonds. The smallest absolute Gasteiger partial charge is 0.172 e. The van der Waals surface area contributed by atoms with Crippen molar-refractivity contribution >= 4 is 6.29 Å². The molecule has 0 saturated heterocycles. The second-order valence-electron chi connectivity index (χ2n) is 5.26. The van der Waals surface area contributed by atoms with Crippen LogP contribution in [0.25, 0.3) is 5.69 Å². The fraction of sp³-hybridized carbons (Fsp3) is 0.167. The lowest BCUT2D eigenvalue weighted by molar-refractivity contribution is 0.111. The Morgan fingerprint density at radius 1 is 1.13 bits per heavy atom. The first-order valence-corrected chi connectivity index (χ1v) is 7.31. The number of hydrogen-bond donors (Lipinski definition) is 0. The highest BCUT2D eigenvalue weighted by molar-refractivity contribution is 5.74. The standard InChI is InChI=1S/C18H17N3O2/c1-13-5-3-4-6-17(13)21-18(16(12-22)19-20-21)11-14-7-9-15(23-2)10-8-14/h3-10,12H,11H2,1-2H3. The Morgan fingerprint density at radius 3 is 2.52 bits per heavy atom. The number of aromatic nitrogens is 3. The van der Waals surface area contributed by atoms with Gasteiger partial charge in [0.25, 0.3) is 0 Å². The zero-order valence-corrected chi connectivity index (χ0v) is 13.1. The van der Waals surface area contributed by atoms with Crippen molar-refractivity contribution in [3.63, 3.8) is 0 Å². The predicted octanol–water partition coefficient (Wildman–Crippen LogP) is 2.99. The minimum Gasteiger partial charge on any atom is -0.497 e. The molecular formula is C18H17N3O2. The van der Waals surface area contributed by atoms with Crippen LogP contribution in [0.5, 0.6) is 5.75 Å². The number of ether oxygens (including phenoxy) is 1. The average Bonchev–Trinajstić information content (AvgIpc) is 2.98. The van der Waals surface area contributed by atoms with Crippen LogP contribution in [0.1, 0.15) is 27.3 Å². The van der Waals surface area contributed by atoms with Crippen LogP contribution in [0.3, 0.4) is 0 Å². The number of nitrogens with zero attached hydrogens (tertiary/aromatic N) is 3. The van der Waals surface area contributed by atoms with Crippen molar-refractivity contribution in [3.05, 3.63) is 71.0 Å². The predicted molar refractivity (Wildman–Crippen MR) is 87.3 cm³/mol. The van der Waals surface area contributed by atoms with Crippen LogP contribution >= 0.6 is 0 Å². The second-order valence-corrected chi connectivity index (χ2v) is 5.26. The van der Waals surface area contributed by atoms with Gasteiger partial charge in [0.1, 0.15) is 11.4 Å². The molecule has 0 atom stereocenters. The maximum Gasteiger partial charge on any atom is 0.172 e. The van der Waals surface area contributed by atoms with Gasteiger partial charge in [-0.25, -0.2) is 4.68 Å². The molecule has 0 radical (unpaired) electrons. The van der Waals surface area contributed by atoms with Gasteiger partial charge in [0, 0.05) is 6.42 Å². The molecule has 0 aliphatic rings. The zero-order valence-electron chi connectivity index (χ0n) is 13.1. The van der Waals surface area contributed by atoms with Gasteiger partial charge in [-0.05, 0) is 36.2 Å². The van der Waals surface area contributed by atoms with E-state index in [0.717, 1.165) is 34.5 Å². The van der Waals surface area contributed by atoms with Gasteiger partial charge in [0.15, 0.2) is 6.29 Å². The van der Waals surface area contributed by atoms with Gasteiger partial charge >= 0.3 is 0 Å². The van der Waals surface area contributed by atoms with E-state index in [1.54, 1.807) is 11.8 Å². The summed E-state index contributed by atoms with van der Waals surface area (Å²) in [6, 6.07) is 15.6. The second kappa shape index (κ2) is 6.44. The minimum atomic E-state index is 0.365. The molecule has 0 aliphatic heterocycles. The van der Waals surface area contributed by atoms with Crippen LogP contribution in [0.2, 0.25) is 0 Å². The topological polar surface area (TPSA) is 57.0 Å². The highest BCUT2D eigenvalue weighted by Crippen LogP contribution is 2.20. The molecule has 2 aromatic carbocycles. The Kier molecular flexibility index (Phi) is 4.19. The third kappa shape index (κ3) is 2.99. The first-order valence-electron chi connectivity index (χ1n) is 7.31. The van der Waals surface area contributed by atoms with Gasteiger partial charge in [-0.2, -0.15) is 0 Å². The van der Waals surface area contributed by atoms with Crippen molar-refractivity contribution in [1.82, 2.24) is 15.0 Å². The Morgan fingerprint density at radius 2 is 1.87 bits per heavy atom. The van der Waals surface area contributed by atoms with E-state index in [0.29, 0.717) is 12.1 Å². The van der Waals surface area contributed by atoms with Crippen LogP contribution in [0.15, 0.2) is 48.5 Å². The van der Waals surface area contributed by atoms with Crippen LogP contribution in [0, 0.1) is 6.92 Å². The molecule has 0 aliphatic carbocycles. The number of aldehydes is 1. The molecule has 5 nitrogen and oxygen atoms in total. The van der Waals surface area contributed by atoms with E-state index < -0.39 is 0 Å². The number of benzene rings is 2. The normalized spacial score (nSPS) is 10.5. The quantitative estimate of drug-likeness (QED) is 0.680. The van der Waals surface area contributed by atoms with Gasteiger partial charge in [-0.1, -0.05) is 35.5 Å². The summed E-state index contributed by atoms with van der Waals surface area (Å²) in [6.07, 6.45) is 1.32. The van der Waals surface area contributed by atoms with Gasteiger partial charge in [-0.15, -0.1) is 5.10 Å². The molecule has 3 aromatic rings. The van der Waals surface area contributed by atoms with E-state index >= 15 is 0 Å². The maximum absolute atomic E-state index is 11.3. The highest BCUT2D eigenvalue weighted by Gasteiger charge is 2.15. The zero-order chi connectivity index (χ0) is 16.2. The summed E-state index contributed by atoms with van der Waals surface area (Å²) in [5.74, 6) is 0.801. The van der Waals surface area contributed by atoms with Crippen LogP contribution in [0.4, 0.5) is 0 Å². The minimum absolute atomic E-state index is 0.365. The monoisotopic (exact) mass is 307 g/mol.